The van der Waals surface area contributed by atoms with E-state index in [9.17, 15) is 9.59 Å². The Morgan fingerprint density at radius 3 is 2.41 bits per heavy atom. The first-order valence-electron chi connectivity index (χ1n) is 12.9. The molecule has 2 amide bonds. The van der Waals surface area contributed by atoms with Crippen molar-refractivity contribution in [1.29, 1.82) is 0 Å². The second-order valence-corrected chi connectivity index (χ2v) is 9.77. The molecule has 3 aromatic carbocycles. The molecule has 0 spiro atoms. The summed E-state index contributed by atoms with van der Waals surface area (Å²) in [7, 11) is 1.63. The predicted octanol–water partition coefficient (Wildman–Crippen LogP) is 5.06. The Bertz CT molecular complexity index is 1350. The maximum absolute atomic E-state index is 13.2. The zero-order valence-electron chi connectivity index (χ0n) is 21.2. The van der Waals surface area contributed by atoms with Crippen LogP contribution < -0.4 is 10.1 Å². The number of ether oxygens (including phenoxy) is 1. The quantitative estimate of drug-likeness (QED) is 0.372. The number of nitrogens with zero attached hydrogens (tertiary/aromatic N) is 2. The first kappa shape index (κ1) is 24.6. The summed E-state index contributed by atoms with van der Waals surface area (Å²) in [5, 5.41) is 3.93. The van der Waals surface area contributed by atoms with Gasteiger partial charge in [0, 0.05) is 42.3 Å². The maximum atomic E-state index is 13.2. The number of hydrogen-bond acceptors (Lipinski definition) is 3. The highest BCUT2D eigenvalue weighted by Crippen LogP contribution is 2.24. The molecule has 0 unspecified atom stereocenters. The molecule has 1 fully saturated rings. The van der Waals surface area contributed by atoms with Gasteiger partial charge in [0.2, 0.25) is 5.91 Å². The third-order valence-corrected chi connectivity index (χ3v) is 7.25. The minimum absolute atomic E-state index is 0.0631. The standard InChI is InChI=1S/C31H33N3O3/c1-37-28-10-7-25(8-11-28)21-32-30(35)22-34-18-15-26-20-27(9-12-29(26)34)31(36)33-16-13-24(14-17-33)19-23-5-3-2-4-6-23/h2-12,15,18,20,24H,13-14,16-17,19,21-22H2,1H3,(H,32,35). The van der Waals surface area contributed by atoms with Crippen molar-refractivity contribution in [2.75, 3.05) is 20.2 Å². The number of carbonyl (C=O) groups excluding carboxylic acids is 2. The fourth-order valence-corrected chi connectivity index (χ4v) is 5.10. The van der Waals surface area contributed by atoms with Crippen LogP contribution in [0.1, 0.15) is 34.3 Å². The summed E-state index contributed by atoms with van der Waals surface area (Å²) in [5.41, 5.74) is 4.03. The topological polar surface area (TPSA) is 63.6 Å². The van der Waals surface area contributed by atoms with E-state index in [-0.39, 0.29) is 18.4 Å². The number of benzene rings is 3. The third kappa shape index (κ3) is 6.02. The summed E-state index contributed by atoms with van der Waals surface area (Å²) in [4.78, 5) is 27.7. The summed E-state index contributed by atoms with van der Waals surface area (Å²) < 4.78 is 7.09. The molecular formula is C31H33N3O3. The average Bonchev–Trinajstić information content (AvgIpc) is 3.34. The van der Waals surface area contributed by atoms with Crippen molar-refractivity contribution in [2.45, 2.75) is 32.4 Å². The van der Waals surface area contributed by atoms with E-state index in [2.05, 4.69) is 35.6 Å². The lowest BCUT2D eigenvalue weighted by Crippen LogP contribution is -2.38. The van der Waals surface area contributed by atoms with E-state index >= 15 is 0 Å². The van der Waals surface area contributed by atoms with Crippen LogP contribution in [0, 0.1) is 5.92 Å². The molecule has 1 aliphatic rings. The van der Waals surface area contributed by atoms with Crippen LogP contribution in [0.15, 0.2) is 85.1 Å². The average molecular weight is 496 g/mol. The second kappa shape index (κ2) is 11.3. The van der Waals surface area contributed by atoms with Crippen LogP contribution in [0.3, 0.4) is 0 Å². The first-order valence-corrected chi connectivity index (χ1v) is 12.9. The van der Waals surface area contributed by atoms with E-state index in [1.165, 1.54) is 5.56 Å². The predicted molar refractivity (Wildman–Crippen MR) is 146 cm³/mol. The Morgan fingerprint density at radius 2 is 1.68 bits per heavy atom. The first-order chi connectivity index (χ1) is 18.1. The minimum Gasteiger partial charge on any atom is -0.497 e. The Morgan fingerprint density at radius 1 is 0.919 bits per heavy atom. The van der Waals surface area contributed by atoms with Gasteiger partial charge in [0.15, 0.2) is 0 Å². The molecule has 37 heavy (non-hydrogen) atoms. The van der Waals surface area contributed by atoms with Crippen LogP contribution in [0.2, 0.25) is 0 Å². The van der Waals surface area contributed by atoms with Gasteiger partial charge in [0.25, 0.3) is 5.91 Å². The molecule has 0 bridgehead atoms. The Balaban J connectivity index is 1.15. The number of hydrogen-bond donors (Lipinski definition) is 1. The van der Waals surface area contributed by atoms with Crippen molar-refractivity contribution >= 4 is 22.7 Å². The van der Waals surface area contributed by atoms with E-state index in [1.807, 2.05) is 64.2 Å². The molecule has 190 valence electrons. The van der Waals surface area contributed by atoms with E-state index in [0.29, 0.717) is 18.0 Å². The highest BCUT2D eigenvalue weighted by molar-refractivity contribution is 5.98. The molecule has 0 radical (unpaired) electrons. The number of piperidine rings is 1. The van der Waals surface area contributed by atoms with Gasteiger partial charge >= 0.3 is 0 Å². The number of carbonyl (C=O) groups is 2. The number of amides is 2. The van der Waals surface area contributed by atoms with Crippen LogP contribution >= 0.6 is 0 Å². The molecule has 1 saturated heterocycles. The number of nitrogens with one attached hydrogen (secondary N) is 1. The number of likely N-dealkylation sites (tertiary alicyclic amines) is 1. The molecular weight excluding hydrogens is 462 g/mol. The molecule has 1 aromatic heterocycles. The molecule has 4 aromatic rings. The van der Waals surface area contributed by atoms with Crippen molar-refractivity contribution in [3.05, 3.63) is 102 Å². The van der Waals surface area contributed by atoms with Gasteiger partial charge < -0.3 is 19.5 Å². The lowest BCUT2D eigenvalue weighted by Gasteiger charge is -2.32. The van der Waals surface area contributed by atoms with Crippen LogP contribution in [0.4, 0.5) is 0 Å². The molecule has 6 heteroatoms. The molecule has 0 aliphatic carbocycles. The smallest absolute Gasteiger partial charge is 0.253 e. The van der Waals surface area contributed by atoms with Crippen molar-refractivity contribution < 1.29 is 14.3 Å². The highest BCUT2D eigenvalue weighted by Gasteiger charge is 2.24. The van der Waals surface area contributed by atoms with E-state index in [1.54, 1.807) is 7.11 Å². The van der Waals surface area contributed by atoms with Gasteiger partial charge in [0.05, 0.1) is 7.11 Å². The number of methoxy groups -OCH3 is 1. The van der Waals surface area contributed by atoms with Crippen molar-refractivity contribution in [3.63, 3.8) is 0 Å². The molecule has 0 saturated carbocycles. The summed E-state index contributed by atoms with van der Waals surface area (Å²) in [6, 6.07) is 26.0. The Labute approximate surface area is 217 Å². The maximum Gasteiger partial charge on any atom is 0.253 e. The Kier molecular flexibility index (Phi) is 7.54. The van der Waals surface area contributed by atoms with Crippen LogP contribution in [0.25, 0.3) is 10.9 Å². The fourth-order valence-electron chi connectivity index (χ4n) is 5.10. The summed E-state index contributed by atoms with van der Waals surface area (Å²) in [6.07, 6.45) is 5.05. The van der Waals surface area contributed by atoms with E-state index in [4.69, 9.17) is 4.74 Å². The van der Waals surface area contributed by atoms with Gasteiger partial charge in [-0.05, 0) is 72.7 Å². The number of rotatable bonds is 8. The van der Waals surface area contributed by atoms with Gasteiger partial charge in [-0.15, -0.1) is 0 Å². The monoisotopic (exact) mass is 495 g/mol. The molecule has 2 heterocycles. The minimum atomic E-state index is -0.0631. The van der Waals surface area contributed by atoms with Crippen molar-refractivity contribution in [3.8, 4) is 5.75 Å². The van der Waals surface area contributed by atoms with Crippen molar-refractivity contribution in [1.82, 2.24) is 14.8 Å². The lowest BCUT2D eigenvalue weighted by molar-refractivity contribution is -0.121. The summed E-state index contributed by atoms with van der Waals surface area (Å²) in [5.74, 6) is 1.44. The van der Waals surface area contributed by atoms with Gasteiger partial charge in [-0.25, -0.2) is 0 Å². The lowest BCUT2D eigenvalue weighted by atomic mass is 9.90. The van der Waals surface area contributed by atoms with Crippen LogP contribution in [0.5, 0.6) is 5.75 Å². The van der Waals surface area contributed by atoms with Gasteiger partial charge in [-0.1, -0.05) is 42.5 Å². The van der Waals surface area contributed by atoms with Gasteiger partial charge in [0.1, 0.15) is 12.3 Å². The SMILES string of the molecule is COc1ccc(CNC(=O)Cn2ccc3cc(C(=O)N4CCC(Cc5ccccc5)CC4)ccc32)cc1. The third-order valence-electron chi connectivity index (χ3n) is 7.25. The second-order valence-electron chi connectivity index (χ2n) is 9.77. The molecule has 5 rings (SSSR count). The highest BCUT2D eigenvalue weighted by atomic mass is 16.5. The summed E-state index contributed by atoms with van der Waals surface area (Å²) in [6.45, 7) is 2.28. The zero-order chi connectivity index (χ0) is 25.6. The molecule has 6 nitrogen and oxygen atoms in total. The van der Waals surface area contributed by atoms with E-state index < -0.39 is 0 Å². The normalized spacial score (nSPS) is 14.0. The van der Waals surface area contributed by atoms with E-state index in [0.717, 1.165) is 54.6 Å². The molecule has 1 N–H and O–H groups in total. The van der Waals surface area contributed by atoms with Crippen LogP contribution in [-0.2, 0) is 24.3 Å². The van der Waals surface area contributed by atoms with Gasteiger partial charge in [-0.3, -0.25) is 9.59 Å². The number of fused-ring (bicyclic) bond motifs is 1. The Hall–Kier alpha value is -4.06. The largest absolute Gasteiger partial charge is 0.497 e. The van der Waals surface area contributed by atoms with Crippen molar-refractivity contribution in [2.24, 2.45) is 5.92 Å². The van der Waals surface area contributed by atoms with Crippen LogP contribution in [-0.4, -0.2) is 41.5 Å². The summed E-state index contributed by atoms with van der Waals surface area (Å²) >= 11 is 0. The molecule has 1 aliphatic heterocycles. The number of aromatic nitrogens is 1. The fraction of sp³-hybridized carbons (Fsp3) is 0.290. The van der Waals surface area contributed by atoms with Gasteiger partial charge in [-0.2, -0.15) is 0 Å². The molecule has 0 atom stereocenters. The zero-order valence-corrected chi connectivity index (χ0v) is 21.2.